The Morgan fingerprint density at radius 2 is 1.81 bits per heavy atom. The van der Waals surface area contributed by atoms with Crippen molar-refractivity contribution in [3.8, 4) is 11.8 Å². The van der Waals surface area contributed by atoms with Crippen LogP contribution >= 0.6 is 0 Å². The fraction of sp³-hybridized carbons (Fsp3) is 0.467. The maximum atomic E-state index is 13.7. The fourth-order valence-corrected chi connectivity index (χ4v) is 1.64. The normalized spacial score (nSPS) is 11.8. The van der Waals surface area contributed by atoms with Crippen LogP contribution in [0, 0.1) is 31.5 Å². The average Bonchev–Trinajstić information content (AvgIpc) is 2.23. The highest BCUT2D eigenvalue weighted by Gasteiger charge is 2.11. The highest BCUT2D eigenvalue weighted by Crippen LogP contribution is 2.24. The zero-order chi connectivity index (χ0) is 12.1. The highest BCUT2D eigenvalue weighted by molar-refractivity contribution is 5.33. The Balaban J connectivity index is 2.91. The van der Waals surface area contributed by atoms with Gasteiger partial charge in [0.2, 0.25) is 0 Å². The van der Waals surface area contributed by atoms with Crippen molar-refractivity contribution in [2.24, 2.45) is 0 Å². The summed E-state index contributed by atoms with van der Waals surface area (Å²) in [4.78, 5) is 0. The van der Waals surface area contributed by atoms with Crippen molar-refractivity contribution >= 4 is 0 Å². The lowest BCUT2D eigenvalue weighted by Crippen LogP contribution is -1.99. The summed E-state index contributed by atoms with van der Waals surface area (Å²) in [6, 6.07) is 3.57. The SMILES string of the molecule is CCC#CCC(C)c1cc(C)c(C)cc1F. The second-order valence-corrected chi connectivity index (χ2v) is 4.27. The molecular weight excluding hydrogens is 199 g/mol. The van der Waals surface area contributed by atoms with Crippen molar-refractivity contribution in [2.75, 3.05) is 0 Å². The molecule has 1 heteroatoms. The molecule has 1 aromatic rings. The zero-order valence-corrected chi connectivity index (χ0v) is 10.5. The van der Waals surface area contributed by atoms with Crippen molar-refractivity contribution in [1.82, 2.24) is 0 Å². The Morgan fingerprint density at radius 1 is 1.19 bits per heavy atom. The van der Waals surface area contributed by atoms with E-state index in [1.807, 2.05) is 33.8 Å². The first-order chi connectivity index (χ1) is 7.56. The van der Waals surface area contributed by atoms with Gasteiger partial charge >= 0.3 is 0 Å². The van der Waals surface area contributed by atoms with Gasteiger partial charge in [0.15, 0.2) is 0 Å². The molecule has 0 radical (unpaired) electrons. The molecule has 0 fully saturated rings. The van der Waals surface area contributed by atoms with E-state index in [1.165, 1.54) is 0 Å². The van der Waals surface area contributed by atoms with Crippen LogP contribution in [0.1, 0.15) is 49.3 Å². The number of aryl methyl sites for hydroxylation is 2. The first-order valence-corrected chi connectivity index (χ1v) is 5.78. The number of hydrogen-bond acceptors (Lipinski definition) is 0. The van der Waals surface area contributed by atoms with Gasteiger partial charge in [-0.05, 0) is 42.5 Å². The fourth-order valence-electron chi connectivity index (χ4n) is 1.64. The molecule has 0 saturated carbocycles. The Bertz CT molecular complexity index is 421. The molecule has 86 valence electrons. The lowest BCUT2D eigenvalue weighted by atomic mass is 9.94. The molecule has 0 nitrogen and oxygen atoms in total. The zero-order valence-electron chi connectivity index (χ0n) is 10.5. The van der Waals surface area contributed by atoms with Crippen molar-refractivity contribution < 1.29 is 4.39 Å². The van der Waals surface area contributed by atoms with E-state index < -0.39 is 0 Å². The quantitative estimate of drug-likeness (QED) is 0.647. The molecule has 1 unspecified atom stereocenters. The van der Waals surface area contributed by atoms with E-state index in [2.05, 4.69) is 11.8 Å². The van der Waals surface area contributed by atoms with Crippen LogP contribution < -0.4 is 0 Å². The molecule has 0 spiro atoms. The van der Waals surface area contributed by atoms with Gasteiger partial charge in [-0.2, -0.15) is 0 Å². The molecule has 0 N–H and O–H groups in total. The minimum Gasteiger partial charge on any atom is -0.207 e. The van der Waals surface area contributed by atoms with E-state index in [9.17, 15) is 4.39 Å². The average molecular weight is 218 g/mol. The highest BCUT2D eigenvalue weighted by atomic mass is 19.1. The first kappa shape index (κ1) is 12.8. The second kappa shape index (κ2) is 5.70. The van der Waals surface area contributed by atoms with E-state index in [1.54, 1.807) is 6.07 Å². The summed E-state index contributed by atoms with van der Waals surface area (Å²) in [6.07, 6.45) is 1.59. The third kappa shape index (κ3) is 3.10. The lowest BCUT2D eigenvalue weighted by Gasteiger charge is -2.12. The largest absolute Gasteiger partial charge is 0.207 e. The van der Waals surface area contributed by atoms with Gasteiger partial charge in [0.05, 0.1) is 0 Å². The third-order valence-electron chi connectivity index (χ3n) is 2.85. The van der Waals surface area contributed by atoms with Gasteiger partial charge < -0.3 is 0 Å². The lowest BCUT2D eigenvalue weighted by molar-refractivity contribution is 0.590. The van der Waals surface area contributed by atoms with Crippen LogP contribution in [-0.4, -0.2) is 0 Å². The van der Waals surface area contributed by atoms with Crippen LogP contribution in [0.5, 0.6) is 0 Å². The van der Waals surface area contributed by atoms with Gasteiger partial charge in [0.25, 0.3) is 0 Å². The van der Waals surface area contributed by atoms with E-state index in [0.29, 0.717) is 0 Å². The summed E-state index contributed by atoms with van der Waals surface area (Å²) in [6.45, 7) is 8.00. The molecule has 0 saturated heterocycles. The molecule has 0 heterocycles. The molecule has 0 bridgehead atoms. The summed E-state index contributed by atoms with van der Waals surface area (Å²) in [5, 5.41) is 0. The van der Waals surface area contributed by atoms with Crippen LogP contribution in [-0.2, 0) is 0 Å². The maximum Gasteiger partial charge on any atom is 0.126 e. The van der Waals surface area contributed by atoms with Crippen LogP contribution in [0.2, 0.25) is 0 Å². The van der Waals surface area contributed by atoms with Crippen LogP contribution in [0.15, 0.2) is 12.1 Å². The number of benzene rings is 1. The number of halogens is 1. The molecule has 0 aliphatic carbocycles. The summed E-state index contributed by atoms with van der Waals surface area (Å²) in [7, 11) is 0. The standard InChI is InChI=1S/C15H19F/c1-5-6-7-8-11(2)14-9-12(3)13(4)10-15(14)16/h9-11H,5,8H2,1-4H3. The monoisotopic (exact) mass is 218 g/mol. The molecular formula is C15H19F. The van der Waals surface area contributed by atoms with E-state index in [0.717, 1.165) is 29.5 Å². The van der Waals surface area contributed by atoms with Crippen molar-refractivity contribution in [2.45, 2.75) is 46.5 Å². The topological polar surface area (TPSA) is 0 Å². The third-order valence-corrected chi connectivity index (χ3v) is 2.85. The molecule has 1 atom stereocenters. The molecule has 1 aromatic carbocycles. The van der Waals surface area contributed by atoms with Gasteiger partial charge in [-0.15, -0.1) is 11.8 Å². The minimum absolute atomic E-state index is 0.103. The number of rotatable bonds is 2. The Morgan fingerprint density at radius 3 is 2.44 bits per heavy atom. The van der Waals surface area contributed by atoms with E-state index in [-0.39, 0.29) is 11.7 Å². The summed E-state index contributed by atoms with van der Waals surface area (Å²) < 4.78 is 13.7. The van der Waals surface area contributed by atoms with Gasteiger partial charge in [0, 0.05) is 12.8 Å². The Kier molecular flexibility index (Phi) is 4.55. The van der Waals surface area contributed by atoms with Gasteiger partial charge in [0.1, 0.15) is 5.82 Å². The molecule has 0 aromatic heterocycles. The smallest absolute Gasteiger partial charge is 0.126 e. The van der Waals surface area contributed by atoms with Crippen molar-refractivity contribution in [1.29, 1.82) is 0 Å². The van der Waals surface area contributed by atoms with E-state index >= 15 is 0 Å². The Hall–Kier alpha value is -1.29. The van der Waals surface area contributed by atoms with Gasteiger partial charge in [-0.1, -0.05) is 19.9 Å². The van der Waals surface area contributed by atoms with Crippen LogP contribution in [0.25, 0.3) is 0 Å². The van der Waals surface area contributed by atoms with Crippen molar-refractivity contribution in [3.05, 3.63) is 34.6 Å². The molecule has 0 aliphatic rings. The minimum atomic E-state index is -0.103. The Labute approximate surface area is 97.9 Å². The molecule has 0 amide bonds. The van der Waals surface area contributed by atoms with Crippen molar-refractivity contribution in [3.63, 3.8) is 0 Å². The number of hydrogen-bond donors (Lipinski definition) is 0. The molecule has 0 aliphatic heterocycles. The molecule has 16 heavy (non-hydrogen) atoms. The summed E-state index contributed by atoms with van der Waals surface area (Å²) >= 11 is 0. The predicted molar refractivity (Wildman–Crippen MR) is 67.0 cm³/mol. The van der Waals surface area contributed by atoms with Crippen LogP contribution in [0.4, 0.5) is 4.39 Å². The van der Waals surface area contributed by atoms with Gasteiger partial charge in [-0.25, -0.2) is 4.39 Å². The first-order valence-electron chi connectivity index (χ1n) is 5.78. The van der Waals surface area contributed by atoms with Gasteiger partial charge in [-0.3, -0.25) is 0 Å². The van der Waals surface area contributed by atoms with E-state index in [4.69, 9.17) is 0 Å². The second-order valence-electron chi connectivity index (χ2n) is 4.27. The summed E-state index contributed by atoms with van der Waals surface area (Å²) in [5.41, 5.74) is 2.94. The predicted octanol–water partition coefficient (Wildman–Crippen LogP) is 4.35. The maximum absolute atomic E-state index is 13.7. The molecule has 1 rings (SSSR count). The summed E-state index contributed by atoms with van der Waals surface area (Å²) in [5.74, 6) is 6.16. The van der Waals surface area contributed by atoms with Crippen LogP contribution in [0.3, 0.4) is 0 Å².